The average molecular weight is 280 g/mol. The lowest BCUT2D eigenvalue weighted by molar-refractivity contribution is 0.690. The first-order valence-electron chi connectivity index (χ1n) is 7.45. The van der Waals surface area contributed by atoms with Crippen LogP contribution < -0.4 is 5.73 Å². The van der Waals surface area contributed by atoms with Gasteiger partial charge >= 0.3 is 0 Å². The van der Waals surface area contributed by atoms with E-state index in [0.717, 1.165) is 53.2 Å². The Morgan fingerprint density at radius 3 is 2.71 bits per heavy atom. The maximum Gasteiger partial charge on any atom is 0.131 e. The van der Waals surface area contributed by atoms with Crippen LogP contribution >= 0.6 is 0 Å². The topological polar surface area (TPSA) is 56.7 Å². The molecule has 2 heterocycles. The number of benzene rings is 1. The van der Waals surface area contributed by atoms with Crippen LogP contribution in [0.25, 0.3) is 22.2 Å². The summed E-state index contributed by atoms with van der Waals surface area (Å²) in [6.07, 6.45) is 3.81. The molecule has 0 aliphatic carbocycles. The predicted molar refractivity (Wildman–Crippen MR) is 87.0 cm³/mol. The van der Waals surface area contributed by atoms with Crippen molar-refractivity contribution < 1.29 is 0 Å². The van der Waals surface area contributed by atoms with Gasteiger partial charge in [0.2, 0.25) is 0 Å². The number of nitrogens with zero attached hydrogens (tertiary/aromatic N) is 3. The molecule has 0 bridgehead atoms. The van der Waals surface area contributed by atoms with E-state index in [1.54, 1.807) is 0 Å². The maximum absolute atomic E-state index is 6.34. The van der Waals surface area contributed by atoms with Crippen LogP contribution in [0.5, 0.6) is 0 Å². The second-order valence-electron chi connectivity index (χ2n) is 5.14. The number of fused-ring (bicyclic) bond motifs is 1. The Kier molecular flexibility index (Phi) is 3.60. The monoisotopic (exact) mass is 280 g/mol. The molecule has 4 heteroatoms. The molecule has 0 atom stereocenters. The Balaban J connectivity index is 2.23. The van der Waals surface area contributed by atoms with Gasteiger partial charge in [-0.1, -0.05) is 31.2 Å². The molecular formula is C17H20N4. The predicted octanol–water partition coefficient (Wildman–Crippen LogP) is 3.65. The number of para-hydroxylation sites is 1. The van der Waals surface area contributed by atoms with E-state index in [9.17, 15) is 0 Å². The summed E-state index contributed by atoms with van der Waals surface area (Å²) < 4.78 is 2.10. The highest BCUT2D eigenvalue weighted by Crippen LogP contribution is 2.31. The third-order valence-electron chi connectivity index (χ3n) is 3.76. The number of aryl methyl sites for hydroxylation is 1. The smallest absolute Gasteiger partial charge is 0.131 e. The number of hydrogen-bond acceptors (Lipinski definition) is 3. The minimum Gasteiger partial charge on any atom is -0.383 e. The molecule has 0 unspecified atom stereocenters. The highest BCUT2D eigenvalue weighted by Gasteiger charge is 2.16. The minimum absolute atomic E-state index is 0.735. The summed E-state index contributed by atoms with van der Waals surface area (Å²) in [7, 11) is 0. The molecule has 0 amide bonds. The first-order chi connectivity index (χ1) is 10.3. The van der Waals surface area contributed by atoms with Crippen molar-refractivity contribution in [2.75, 3.05) is 5.73 Å². The molecule has 0 aliphatic heterocycles. The summed E-state index contributed by atoms with van der Waals surface area (Å²) in [4.78, 5) is 9.29. The minimum atomic E-state index is 0.735. The van der Waals surface area contributed by atoms with Crippen LogP contribution in [0.3, 0.4) is 0 Å². The maximum atomic E-state index is 6.34. The van der Waals surface area contributed by atoms with E-state index in [2.05, 4.69) is 35.5 Å². The van der Waals surface area contributed by atoms with Gasteiger partial charge in [-0.05, 0) is 19.4 Å². The van der Waals surface area contributed by atoms with Crippen LogP contribution in [0.1, 0.15) is 26.1 Å². The molecule has 0 saturated heterocycles. The van der Waals surface area contributed by atoms with Crippen molar-refractivity contribution in [1.29, 1.82) is 0 Å². The summed E-state index contributed by atoms with van der Waals surface area (Å²) in [6.45, 7) is 5.10. The molecule has 4 nitrogen and oxygen atoms in total. The van der Waals surface area contributed by atoms with Gasteiger partial charge in [-0.2, -0.15) is 0 Å². The van der Waals surface area contributed by atoms with Crippen molar-refractivity contribution in [3.63, 3.8) is 0 Å². The highest BCUT2D eigenvalue weighted by molar-refractivity contribution is 5.94. The van der Waals surface area contributed by atoms with Crippen LogP contribution in [-0.4, -0.2) is 14.5 Å². The molecule has 0 radical (unpaired) electrons. The van der Waals surface area contributed by atoms with E-state index in [4.69, 9.17) is 10.7 Å². The number of rotatable bonds is 4. The normalized spacial score (nSPS) is 11.1. The molecule has 108 valence electrons. The molecule has 2 N–H and O–H groups in total. The van der Waals surface area contributed by atoms with Crippen molar-refractivity contribution in [2.24, 2.45) is 0 Å². The largest absolute Gasteiger partial charge is 0.383 e. The Morgan fingerprint density at radius 1 is 1.14 bits per heavy atom. The lowest BCUT2D eigenvalue weighted by Crippen LogP contribution is -2.05. The number of pyridine rings is 1. The van der Waals surface area contributed by atoms with Crippen LogP contribution in [0.15, 0.2) is 36.5 Å². The molecule has 0 aliphatic rings. The van der Waals surface area contributed by atoms with E-state index in [-0.39, 0.29) is 0 Å². The van der Waals surface area contributed by atoms with Crippen molar-refractivity contribution in [3.05, 3.63) is 42.4 Å². The van der Waals surface area contributed by atoms with Crippen LogP contribution in [0.2, 0.25) is 0 Å². The van der Waals surface area contributed by atoms with E-state index in [1.807, 2.05) is 24.4 Å². The van der Waals surface area contributed by atoms with Crippen molar-refractivity contribution >= 4 is 16.7 Å². The van der Waals surface area contributed by atoms with Gasteiger partial charge in [0, 0.05) is 30.1 Å². The van der Waals surface area contributed by atoms with Gasteiger partial charge in [-0.15, -0.1) is 0 Å². The van der Waals surface area contributed by atoms with Gasteiger partial charge in [0.05, 0.1) is 5.52 Å². The zero-order valence-corrected chi connectivity index (χ0v) is 12.5. The lowest BCUT2D eigenvalue weighted by Gasteiger charge is -2.06. The zero-order valence-electron chi connectivity index (χ0n) is 12.5. The Bertz CT molecular complexity index is 768. The van der Waals surface area contributed by atoms with E-state index < -0.39 is 0 Å². The molecule has 2 aromatic heterocycles. The summed E-state index contributed by atoms with van der Waals surface area (Å²) in [6, 6.07) is 10.1. The van der Waals surface area contributed by atoms with Crippen molar-refractivity contribution in [2.45, 2.75) is 33.2 Å². The molecule has 0 spiro atoms. The lowest BCUT2D eigenvalue weighted by atomic mass is 10.1. The number of hydrogen-bond donors (Lipinski definition) is 1. The Labute approximate surface area is 124 Å². The van der Waals surface area contributed by atoms with Gasteiger partial charge in [0.1, 0.15) is 17.3 Å². The van der Waals surface area contributed by atoms with Crippen LogP contribution in [0.4, 0.5) is 5.82 Å². The Morgan fingerprint density at radius 2 is 1.95 bits per heavy atom. The molecule has 21 heavy (non-hydrogen) atoms. The standard InChI is InChI=1S/C17H20N4/c1-3-7-14-20-16(17(18)21(14)4-2)13-10-5-8-12-9-6-11-19-15(12)13/h5-6,8-11H,3-4,7,18H2,1-2H3. The van der Waals surface area contributed by atoms with Crippen molar-refractivity contribution in [1.82, 2.24) is 14.5 Å². The van der Waals surface area contributed by atoms with Gasteiger partial charge in [-0.3, -0.25) is 4.98 Å². The van der Waals surface area contributed by atoms with Gasteiger partial charge in [-0.25, -0.2) is 4.98 Å². The summed E-state index contributed by atoms with van der Waals surface area (Å²) in [5.41, 5.74) is 9.16. The second-order valence-corrected chi connectivity index (χ2v) is 5.14. The summed E-state index contributed by atoms with van der Waals surface area (Å²) in [5, 5.41) is 1.11. The fourth-order valence-electron chi connectivity index (χ4n) is 2.77. The zero-order chi connectivity index (χ0) is 14.8. The van der Waals surface area contributed by atoms with Crippen LogP contribution in [0, 0.1) is 0 Å². The third-order valence-corrected chi connectivity index (χ3v) is 3.76. The van der Waals surface area contributed by atoms with Gasteiger partial charge < -0.3 is 10.3 Å². The first-order valence-corrected chi connectivity index (χ1v) is 7.45. The molecule has 3 rings (SSSR count). The first kappa shape index (κ1) is 13.6. The molecule has 3 aromatic rings. The van der Waals surface area contributed by atoms with Gasteiger partial charge in [0.15, 0.2) is 0 Å². The van der Waals surface area contributed by atoms with E-state index >= 15 is 0 Å². The number of nitrogens with two attached hydrogens (primary N) is 1. The SMILES string of the molecule is CCCc1nc(-c2cccc3cccnc23)c(N)n1CC. The second kappa shape index (κ2) is 5.56. The number of imidazole rings is 1. The number of anilines is 1. The quantitative estimate of drug-likeness (QED) is 0.793. The average Bonchev–Trinajstić information content (AvgIpc) is 2.83. The number of nitrogen functional groups attached to an aromatic ring is 1. The summed E-state index contributed by atoms with van der Waals surface area (Å²) >= 11 is 0. The molecular weight excluding hydrogens is 260 g/mol. The highest BCUT2D eigenvalue weighted by atomic mass is 15.1. The summed E-state index contributed by atoms with van der Waals surface area (Å²) in [5.74, 6) is 1.79. The van der Waals surface area contributed by atoms with Crippen molar-refractivity contribution in [3.8, 4) is 11.3 Å². The Hall–Kier alpha value is -2.36. The fraction of sp³-hybridized carbons (Fsp3) is 0.294. The molecule has 1 aromatic carbocycles. The number of aromatic nitrogens is 3. The molecule has 0 fully saturated rings. The van der Waals surface area contributed by atoms with Gasteiger partial charge in [0.25, 0.3) is 0 Å². The van der Waals surface area contributed by atoms with Crippen LogP contribution in [-0.2, 0) is 13.0 Å². The van der Waals surface area contributed by atoms with E-state index in [0.29, 0.717) is 0 Å². The third kappa shape index (κ3) is 2.27. The fourth-order valence-corrected chi connectivity index (χ4v) is 2.77. The molecule has 0 saturated carbocycles. The van der Waals surface area contributed by atoms with E-state index in [1.165, 1.54) is 0 Å².